The van der Waals surface area contributed by atoms with Gasteiger partial charge in [-0.3, -0.25) is 4.79 Å². The number of carbonyl (C=O) groups excluding carboxylic acids is 1. The maximum Gasteiger partial charge on any atom is 0.221 e. The van der Waals surface area contributed by atoms with E-state index in [1.54, 1.807) is 11.3 Å². The zero-order valence-corrected chi connectivity index (χ0v) is 13.0. The fourth-order valence-electron chi connectivity index (χ4n) is 1.68. The third-order valence-corrected chi connectivity index (χ3v) is 4.51. The van der Waals surface area contributed by atoms with Gasteiger partial charge in [-0.25, -0.2) is 0 Å². The Morgan fingerprint density at radius 2 is 1.95 bits per heavy atom. The summed E-state index contributed by atoms with van der Waals surface area (Å²) in [5, 5.41) is 8.23. The van der Waals surface area contributed by atoms with Gasteiger partial charge in [0.15, 0.2) is 0 Å². The van der Waals surface area contributed by atoms with Gasteiger partial charge in [-0.05, 0) is 45.1 Å². The molecule has 2 aromatic rings. The highest BCUT2D eigenvalue weighted by Gasteiger charge is 2.01. The van der Waals surface area contributed by atoms with Gasteiger partial charge in [-0.2, -0.15) is 0 Å². The Hall–Kier alpha value is -1.17. The summed E-state index contributed by atoms with van der Waals surface area (Å²) in [7, 11) is 0. The summed E-state index contributed by atoms with van der Waals surface area (Å²) in [5.41, 5.74) is 2.03. The van der Waals surface area contributed by atoms with Crippen molar-refractivity contribution in [1.29, 1.82) is 0 Å². The zero-order valence-electron chi connectivity index (χ0n) is 10.6. The number of benzene rings is 1. The number of nitrogens with one attached hydrogen (secondary N) is 2. The second-order valence-electron chi connectivity index (χ2n) is 4.17. The van der Waals surface area contributed by atoms with Gasteiger partial charge in [0, 0.05) is 35.1 Å². The van der Waals surface area contributed by atoms with Crippen molar-refractivity contribution >= 4 is 38.9 Å². The van der Waals surface area contributed by atoms with Gasteiger partial charge in [-0.15, -0.1) is 11.3 Å². The Labute approximate surface area is 125 Å². The van der Waals surface area contributed by atoms with Gasteiger partial charge in [-0.1, -0.05) is 12.1 Å². The minimum atomic E-state index is -0.0478. The first kappa shape index (κ1) is 14.2. The second-order valence-corrected chi connectivity index (χ2v) is 6.03. The van der Waals surface area contributed by atoms with Crippen molar-refractivity contribution in [2.75, 3.05) is 5.32 Å². The highest BCUT2D eigenvalue weighted by Crippen LogP contribution is 2.22. The van der Waals surface area contributed by atoms with E-state index < -0.39 is 0 Å². The van der Waals surface area contributed by atoms with E-state index in [9.17, 15) is 4.79 Å². The molecule has 0 aliphatic rings. The second kappa shape index (κ2) is 6.84. The quantitative estimate of drug-likeness (QED) is 0.871. The van der Waals surface area contributed by atoms with Crippen molar-refractivity contribution in [2.24, 2.45) is 0 Å². The molecule has 100 valence electrons. The Kier molecular flexibility index (Phi) is 5.13. The maximum absolute atomic E-state index is 10.9. The fourth-order valence-corrected chi connectivity index (χ4v) is 3.14. The molecule has 0 fully saturated rings. The number of rotatable bonds is 5. The van der Waals surface area contributed by atoms with Crippen LogP contribution in [0.2, 0.25) is 0 Å². The number of thiophene rings is 1. The normalized spacial score (nSPS) is 10.4. The number of amides is 1. The molecule has 2 rings (SSSR count). The monoisotopic (exact) mass is 338 g/mol. The lowest BCUT2D eigenvalue weighted by Gasteiger charge is -2.06. The van der Waals surface area contributed by atoms with Crippen molar-refractivity contribution in [3.8, 4) is 0 Å². The van der Waals surface area contributed by atoms with E-state index in [4.69, 9.17) is 0 Å². The molecule has 2 N–H and O–H groups in total. The molecule has 1 amide bonds. The average Bonchev–Trinajstić information content (AvgIpc) is 2.77. The minimum absolute atomic E-state index is 0.0478. The van der Waals surface area contributed by atoms with Crippen LogP contribution in [-0.4, -0.2) is 5.91 Å². The highest BCUT2D eigenvalue weighted by molar-refractivity contribution is 9.10. The molecule has 0 aliphatic heterocycles. The Balaban J connectivity index is 1.83. The van der Waals surface area contributed by atoms with Crippen molar-refractivity contribution in [3.05, 3.63) is 50.6 Å². The lowest BCUT2D eigenvalue weighted by Crippen LogP contribution is -2.12. The molecule has 0 spiro atoms. The SMILES string of the molecule is CC(=O)Nc1ccc(CNCc2sccc2Br)cc1. The van der Waals surface area contributed by atoms with Crippen LogP contribution in [0.15, 0.2) is 40.2 Å². The summed E-state index contributed by atoms with van der Waals surface area (Å²) in [6.45, 7) is 3.17. The zero-order chi connectivity index (χ0) is 13.7. The van der Waals surface area contributed by atoms with Crippen molar-refractivity contribution in [3.63, 3.8) is 0 Å². The number of carbonyl (C=O) groups is 1. The smallest absolute Gasteiger partial charge is 0.221 e. The van der Waals surface area contributed by atoms with Crippen LogP contribution in [0.1, 0.15) is 17.4 Å². The van der Waals surface area contributed by atoms with Gasteiger partial charge in [0.2, 0.25) is 5.91 Å². The number of anilines is 1. The van der Waals surface area contributed by atoms with Gasteiger partial charge >= 0.3 is 0 Å². The Bertz CT molecular complexity index is 551. The maximum atomic E-state index is 10.9. The predicted molar refractivity (Wildman–Crippen MR) is 83.3 cm³/mol. The van der Waals surface area contributed by atoms with Crippen LogP contribution in [-0.2, 0) is 17.9 Å². The van der Waals surface area contributed by atoms with E-state index in [0.29, 0.717) is 0 Å². The van der Waals surface area contributed by atoms with E-state index >= 15 is 0 Å². The molecule has 0 aliphatic carbocycles. The van der Waals surface area contributed by atoms with Gasteiger partial charge < -0.3 is 10.6 Å². The highest BCUT2D eigenvalue weighted by atomic mass is 79.9. The van der Waals surface area contributed by atoms with Crippen LogP contribution in [0.4, 0.5) is 5.69 Å². The summed E-state index contributed by atoms with van der Waals surface area (Å²) in [4.78, 5) is 12.2. The van der Waals surface area contributed by atoms with Gasteiger partial charge in [0.25, 0.3) is 0 Å². The Morgan fingerprint density at radius 1 is 1.21 bits per heavy atom. The molecule has 0 atom stereocenters. The third kappa shape index (κ3) is 4.45. The molecule has 3 nitrogen and oxygen atoms in total. The summed E-state index contributed by atoms with van der Waals surface area (Å²) in [6.07, 6.45) is 0. The standard InChI is InChI=1S/C14H15BrN2OS/c1-10(18)17-12-4-2-11(3-5-12)8-16-9-14-13(15)6-7-19-14/h2-7,16H,8-9H2,1H3,(H,17,18). The largest absolute Gasteiger partial charge is 0.326 e. The number of hydrogen-bond acceptors (Lipinski definition) is 3. The van der Waals surface area contributed by atoms with Crippen molar-refractivity contribution < 1.29 is 4.79 Å². The molecule has 5 heteroatoms. The van der Waals surface area contributed by atoms with Gasteiger partial charge in [0.1, 0.15) is 0 Å². The van der Waals surface area contributed by atoms with E-state index in [0.717, 1.165) is 23.2 Å². The topological polar surface area (TPSA) is 41.1 Å². The number of hydrogen-bond donors (Lipinski definition) is 2. The lowest BCUT2D eigenvalue weighted by atomic mass is 10.2. The lowest BCUT2D eigenvalue weighted by molar-refractivity contribution is -0.114. The summed E-state index contributed by atoms with van der Waals surface area (Å²) in [5.74, 6) is -0.0478. The molecule has 0 saturated heterocycles. The molecule has 1 heterocycles. The number of halogens is 1. The van der Waals surface area contributed by atoms with Crippen LogP contribution in [0.25, 0.3) is 0 Å². The molecule has 0 radical (unpaired) electrons. The molecule has 0 saturated carbocycles. The molecule has 0 unspecified atom stereocenters. The average molecular weight is 339 g/mol. The third-order valence-electron chi connectivity index (χ3n) is 2.58. The summed E-state index contributed by atoms with van der Waals surface area (Å²) >= 11 is 5.25. The van der Waals surface area contributed by atoms with E-state index in [1.165, 1.54) is 17.4 Å². The van der Waals surface area contributed by atoms with Gasteiger partial charge in [0.05, 0.1) is 0 Å². The predicted octanol–water partition coefficient (Wildman–Crippen LogP) is 3.76. The van der Waals surface area contributed by atoms with E-state index in [2.05, 4.69) is 38.0 Å². The first-order chi connectivity index (χ1) is 9.15. The van der Waals surface area contributed by atoms with E-state index in [1.807, 2.05) is 24.3 Å². The molecular weight excluding hydrogens is 324 g/mol. The molecule has 1 aromatic carbocycles. The van der Waals surface area contributed by atoms with Crippen LogP contribution in [0, 0.1) is 0 Å². The fraction of sp³-hybridized carbons (Fsp3) is 0.214. The van der Waals surface area contributed by atoms with Crippen LogP contribution in [0.5, 0.6) is 0 Å². The van der Waals surface area contributed by atoms with Crippen LogP contribution < -0.4 is 10.6 Å². The van der Waals surface area contributed by atoms with Crippen LogP contribution in [0.3, 0.4) is 0 Å². The van der Waals surface area contributed by atoms with Crippen molar-refractivity contribution in [1.82, 2.24) is 5.32 Å². The Morgan fingerprint density at radius 3 is 2.53 bits per heavy atom. The first-order valence-corrected chi connectivity index (χ1v) is 7.61. The van der Waals surface area contributed by atoms with E-state index in [-0.39, 0.29) is 5.91 Å². The molecule has 19 heavy (non-hydrogen) atoms. The van der Waals surface area contributed by atoms with Crippen molar-refractivity contribution in [2.45, 2.75) is 20.0 Å². The molecular formula is C14H15BrN2OS. The first-order valence-electron chi connectivity index (χ1n) is 5.94. The molecule has 0 bridgehead atoms. The minimum Gasteiger partial charge on any atom is -0.326 e. The van der Waals surface area contributed by atoms with Crippen LogP contribution >= 0.6 is 27.3 Å². The molecule has 1 aromatic heterocycles. The summed E-state index contributed by atoms with van der Waals surface area (Å²) in [6, 6.07) is 9.92. The summed E-state index contributed by atoms with van der Waals surface area (Å²) < 4.78 is 1.16.